The number of aromatic amines is 2. The van der Waals surface area contributed by atoms with E-state index in [-0.39, 0.29) is 49.7 Å². The van der Waals surface area contributed by atoms with Gasteiger partial charge in [-0.15, -0.1) is 0 Å². The summed E-state index contributed by atoms with van der Waals surface area (Å²) in [5.74, 6) is 0.612. The highest BCUT2D eigenvalue weighted by atomic mass is 16.7. The van der Waals surface area contributed by atoms with Gasteiger partial charge in [-0.3, -0.25) is 19.4 Å². The van der Waals surface area contributed by atoms with Gasteiger partial charge in [-0.25, -0.2) is 4.98 Å². The van der Waals surface area contributed by atoms with E-state index in [1.54, 1.807) is 0 Å². The van der Waals surface area contributed by atoms with Crippen molar-refractivity contribution in [2.75, 3.05) is 33.5 Å². The number of nitrogens with one attached hydrogen (secondary N) is 3. The van der Waals surface area contributed by atoms with Crippen LogP contribution < -0.4 is 5.32 Å². The van der Waals surface area contributed by atoms with Crippen molar-refractivity contribution in [1.29, 1.82) is 0 Å². The first-order valence-electron chi connectivity index (χ1n) is 27.9. The fourth-order valence-corrected chi connectivity index (χ4v) is 10.7. The molecule has 5 rings (SSSR count). The normalized spacial score (nSPS) is 15.7. The van der Waals surface area contributed by atoms with Crippen LogP contribution in [0, 0.1) is 31.6 Å². The summed E-state index contributed by atoms with van der Waals surface area (Å²) in [7, 11) is 1.35. The van der Waals surface area contributed by atoms with Gasteiger partial charge >= 0.3 is 11.9 Å². The van der Waals surface area contributed by atoms with Gasteiger partial charge in [-0.05, 0) is 132 Å². The molecule has 12 nitrogen and oxygen atoms in total. The lowest BCUT2D eigenvalue weighted by Gasteiger charge is -2.19. The quantitative estimate of drug-likeness (QED) is 0.0350. The number of carbonyl (C=O) groups is 3. The van der Waals surface area contributed by atoms with Crippen LogP contribution in [-0.2, 0) is 46.2 Å². The summed E-state index contributed by atoms with van der Waals surface area (Å²) in [6.45, 7) is 31.3. The minimum Gasteiger partial charge on any atom is -0.469 e. The Hall–Kier alpha value is -5.33. The summed E-state index contributed by atoms with van der Waals surface area (Å²) in [5.41, 5.74) is 12.8. The van der Waals surface area contributed by atoms with Crippen molar-refractivity contribution in [2.45, 2.75) is 191 Å². The van der Waals surface area contributed by atoms with Crippen molar-refractivity contribution < 1.29 is 33.3 Å². The lowest BCUT2D eigenvalue weighted by atomic mass is 9.84. The average molecular weight is 1020 g/mol. The molecule has 0 saturated heterocycles. The maximum Gasteiger partial charge on any atom is 0.310 e. The zero-order chi connectivity index (χ0) is 54.1. The Morgan fingerprint density at radius 3 is 2.07 bits per heavy atom. The maximum atomic E-state index is 14.7. The molecular formula is C62H91N5O7. The van der Waals surface area contributed by atoms with E-state index in [1.807, 2.05) is 39.0 Å². The molecule has 3 aromatic rings. The number of hydrogen-bond donors (Lipinski definition) is 3. The molecule has 406 valence electrons. The molecule has 12 heteroatoms. The third kappa shape index (κ3) is 16.1. The van der Waals surface area contributed by atoms with Crippen LogP contribution in [0.4, 0.5) is 0 Å². The Labute approximate surface area is 443 Å². The smallest absolute Gasteiger partial charge is 0.310 e. The second-order valence-electron chi connectivity index (χ2n) is 21.4. The van der Waals surface area contributed by atoms with Crippen molar-refractivity contribution in [2.24, 2.45) is 17.8 Å². The van der Waals surface area contributed by atoms with Gasteiger partial charge in [-0.1, -0.05) is 105 Å². The first-order chi connectivity index (χ1) is 35.4. The lowest BCUT2D eigenvalue weighted by molar-refractivity contribution is -0.143. The number of H-pyrrole nitrogens is 2. The summed E-state index contributed by atoms with van der Waals surface area (Å²) >= 11 is 0. The molecule has 0 fully saturated rings. The van der Waals surface area contributed by atoms with Gasteiger partial charge in [-0.2, -0.15) is 0 Å². The van der Waals surface area contributed by atoms with Gasteiger partial charge in [0.2, 0.25) is 0 Å². The van der Waals surface area contributed by atoms with Crippen LogP contribution >= 0.6 is 0 Å². The Kier molecular flexibility index (Phi) is 23.4. The van der Waals surface area contributed by atoms with Crippen LogP contribution in [0.15, 0.2) is 36.4 Å². The molecule has 0 aliphatic carbocycles. The number of methoxy groups -OCH3 is 1. The van der Waals surface area contributed by atoms with E-state index in [9.17, 15) is 14.4 Å². The molecule has 3 N–H and O–H groups in total. The van der Waals surface area contributed by atoms with Crippen LogP contribution in [-0.4, -0.2) is 77.5 Å². The molecule has 0 aromatic carbocycles. The average Bonchev–Trinajstić information content (AvgIpc) is 4.04. The fraction of sp³-hybridized carbons (Fsp3) is 0.597. The van der Waals surface area contributed by atoms with Crippen molar-refractivity contribution in [3.63, 3.8) is 0 Å². The van der Waals surface area contributed by atoms with Gasteiger partial charge in [0.05, 0.1) is 36.2 Å². The number of rotatable bonds is 29. The highest BCUT2D eigenvalue weighted by molar-refractivity contribution is 6.27. The first kappa shape index (κ1) is 59.5. The van der Waals surface area contributed by atoms with Gasteiger partial charge in [0.1, 0.15) is 6.61 Å². The Bertz CT molecular complexity index is 2630. The van der Waals surface area contributed by atoms with Crippen LogP contribution in [0.25, 0.3) is 39.3 Å². The Morgan fingerprint density at radius 2 is 1.43 bits per heavy atom. The fourth-order valence-electron chi connectivity index (χ4n) is 10.7. The molecule has 74 heavy (non-hydrogen) atoms. The number of fused-ring (bicyclic) bond motifs is 8. The van der Waals surface area contributed by atoms with Crippen molar-refractivity contribution in [3.05, 3.63) is 87.0 Å². The zero-order valence-electron chi connectivity index (χ0n) is 47.5. The number of nitrogens with zero attached hydrogens (tertiary/aromatic N) is 2. The van der Waals surface area contributed by atoms with E-state index in [0.29, 0.717) is 65.8 Å². The second-order valence-corrected chi connectivity index (χ2v) is 21.4. The van der Waals surface area contributed by atoms with E-state index < -0.39 is 12.3 Å². The lowest BCUT2D eigenvalue weighted by Crippen LogP contribution is -2.30. The van der Waals surface area contributed by atoms with Crippen molar-refractivity contribution in [1.82, 2.24) is 25.3 Å². The van der Waals surface area contributed by atoms with Gasteiger partial charge < -0.3 is 34.2 Å². The standard InChI is InChI=1S/C62H91N5O7/c1-15-46-42(10)50-35-52-44(12)48(28-29-56(68)74-33-31-41(9)27-21-26-40(8)25-20-24-39(7)23-19-22-38(5)6)60(66-52)49(34-57(69)71-14)61-59(62(70)63-32-30-58(72-17-3)73-18-4)45(13)53(67-61)37-55-47(16-2)43(11)51(65-55)36-54(46)64-50/h15,31,35-40,44,48,58,64-65H,1,16-30,32-34H2,2-14H3,(H,63,70). The molecule has 3 aromatic heterocycles. The number of esters is 2. The number of allylic oxidation sites excluding steroid dienone is 2. The molecular weight excluding hydrogens is 927 g/mol. The monoisotopic (exact) mass is 1020 g/mol. The van der Waals surface area contributed by atoms with E-state index >= 15 is 0 Å². The minimum atomic E-state index is -0.503. The molecule has 8 bridgehead atoms. The Morgan fingerprint density at radius 1 is 0.784 bits per heavy atom. The highest BCUT2D eigenvalue weighted by Gasteiger charge is 2.36. The minimum absolute atomic E-state index is 0.129. The Balaban J connectivity index is 1.49. The molecule has 0 radical (unpaired) electrons. The molecule has 0 saturated carbocycles. The second kappa shape index (κ2) is 29.1. The molecule has 5 heterocycles. The van der Waals surface area contributed by atoms with Gasteiger partial charge in [0, 0.05) is 83.3 Å². The van der Waals surface area contributed by atoms with E-state index in [4.69, 9.17) is 28.9 Å². The van der Waals surface area contributed by atoms with Crippen molar-refractivity contribution >= 4 is 57.1 Å². The van der Waals surface area contributed by atoms with E-state index in [1.165, 1.54) is 57.6 Å². The zero-order valence-corrected chi connectivity index (χ0v) is 47.5. The van der Waals surface area contributed by atoms with Crippen LogP contribution in [0.1, 0.15) is 209 Å². The van der Waals surface area contributed by atoms with Crippen LogP contribution in [0.3, 0.4) is 0 Å². The van der Waals surface area contributed by atoms with E-state index in [2.05, 4.69) is 96.3 Å². The molecule has 4 atom stereocenters. The molecule has 4 unspecified atom stereocenters. The number of carbonyl (C=O) groups excluding carboxylic acids is 3. The predicted molar refractivity (Wildman–Crippen MR) is 303 cm³/mol. The number of aromatic nitrogens is 4. The summed E-state index contributed by atoms with van der Waals surface area (Å²) in [5, 5.41) is 3.11. The predicted octanol–water partition coefficient (Wildman–Crippen LogP) is 14.3. The van der Waals surface area contributed by atoms with Crippen LogP contribution in [0.2, 0.25) is 0 Å². The van der Waals surface area contributed by atoms with Gasteiger partial charge in [0.15, 0.2) is 6.29 Å². The summed E-state index contributed by atoms with van der Waals surface area (Å²) in [6, 6.07) is 6.17. The SMILES string of the molecule is C=Cc1c(C)c2cc3nc(c(CC(=O)OC)c4nc(cc5[nH]c(cc1[nH]2)c(C)c5CC)C(C)=C4C(=O)NCCC(OCC)OCC)C(CCC(=O)OCC=C(C)CCCC(C)CCCC(C)CCCC(C)C)C3C. The summed E-state index contributed by atoms with van der Waals surface area (Å²) in [4.78, 5) is 59.9. The summed E-state index contributed by atoms with van der Waals surface area (Å²) < 4.78 is 22.8. The van der Waals surface area contributed by atoms with Crippen LogP contribution in [0.5, 0.6) is 0 Å². The first-order valence-corrected chi connectivity index (χ1v) is 27.9. The number of hydrogen-bond acceptors (Lipinski definition) is 9. The third-order valence-electron chi connectivity index (χ3n) is 15.4. The molecule has 2 aliphatic heterocycles. The highest BCUT2D eigenvalue weighted by Crippen LogP contribution is 2.44. The largest absolute Gasteiger partial charge is 0.469 e. The number of amides is 1. The molecule has 0 spiro atoms. The molecule has 2 aliphatic rings. The van der Waals surface area contributed by atoms with Gasteiger partial charge in [0.25, 0.3) is 5.91 Å². The van der Waals surface area contributed by atoms with Crippen molar-refractivity contribution in [3.8, 4) is 0 Å². The maximum absolute atomic E-state index is 14.7. The summed E-state index contributed by atoms with van der Waals surface area (Å²) in [6.07, 6.45) is 16.2. The van der Waals surface area contributed by atoms with E-state index in [0.717, 1.165) is 81.1 Å². The topological polar surface area (TPSA) is 158 Å². The number of ether oxygens (including phenoxy) is 4. The molecule has 1 amide bonds. The third-order valence-corrected chi connectivity index (χ3v) is 15.4. The number of aryl methyl sites for hydroxylation is 3.